The molecule has 2 rings (SSSR count). The van der Waals surface area contributed by atoms with Gasteiger partial charge in [-0.3, -0.25) is 0 Å². The first-order valence-electron chi connectivity index (χ1n) is 5.94. The standard InChI is InChI=1S/C13H19ClN2/c1-2-13(6-3-7-13)9-16-12-5-4-10(14)8-11(12)15/h4-5,8,16H,2-3,6-7,9,15H2,1H3. The van der Waals surface area contributed by atoms with Gasteiger partial charge in [-0.2, -0.15) is 0 Å². The van der Waals surface area contributed by atoms with Crippen LogP contribution in [0.5, 0.6) is 0 Å². The van der Waals surface area contributed by atoms with Crippen molar-refractivity contribution in [1.82, 2.24) is 0 Å². The van der Waals surface area contributed by atoms with Gasteiger partial charge in [-0.1, -0.05) is 24.9 Å². The summed E-state index contributed by atoms with van der Waals surface area (Å²) in [6.45, 7) is 3.29. The summed E-state index contributed by atoms with van der Waals surface area (Å²) in [5.74, 6) is 0. The van der Waals surface area contributed by atoms with Crippen LogP contribution in [0.3, 0.4) is 0 Å². The number of rotatable bonds is 4. The van der Waals surface area contributed by atoms with Crippen molar-refractivity contribution in [2.45, 2.75) is 32.6 Å². The zero-order valence-electron chi connectivity index (χ0n) is 9.72. The molecular formula is C13H19ClN2. The first-order valence-corrected chi connectivity index (χ1v) is 6.32. The number of nitrogen functional groups attached to an aromatic ring is 1. The van der Waals surface area contributed by atoms with E-state index in [0.717, 1.165) is 17.9 Å². The first-order chi connectivity index (χ1) is 7.65. The fourth-order valence-corrected chi connectivity index (χ4v) is 2.49. The molecular weight excluding hydrogens is 220 g/mol. The van der Waals surface area contributed by atoms with Gasteiger partial charge in [-0.25, -0.2) is 0 Å². The molecule has 0 amide bonds. The molecule has 1 fully saturated rings. The highest BCUT2D eigenvalue weighted by molar-refractivity contribution is 6.31. The predicted octanol–water partition coefficient (Wildman–Crippen LogP) is 3.91. The van der Waals surface area contributed by atoms with E-state index in [0.29, 0.717) is 10.4 Å². The van der Waals surface area contributed by atoms with Crippen molar-refractivity contribution in [3.8, 4) is 0 Å². The van der Waals surface area contributed by atoms with Crippen LogP contribution in [0.1, 0.15) is 32.6 Å². The molecule has 3 N–H and O–H groups in total. The van der Waals surface area contributed by atoms with Gasteiger partial charge in [0.05, 0.1) is 11.4 Å². The minimum Gasteiger partial charge on any atom is -0.397 e. The fraction of sp³-hybridized carbons (Fsp3) is 0.538. The molecule has 1 aromatic carbocycles. The molecule has 88 valence electrons. The smallest absolute Gasteiger partial charge is 0.0575 e. The van der Waals surface area contributed by atoms with E-state index >= 15 is 0 Å². The van der Waals surface area contributed by atoms with Crippen molar-refractivity contribution in [1.29, 1.82) is 0 Å². The lowest BCUT2D eigenvalue weighted by Crippen LogP contribution is -2.35. The zero-order chi connectivity index (χ0) is 11.6. The maximum Gasteiger partial charge on any atom is 0.0575 e. The van der Waals surface area contributed by atoms with Crippen LogP contribution in [-0.2, 0) is 0 Å². The Balaban J connectivity index is 1.99. The molecule has 0 radical (unpaired) electrons. The number of hydrogen-bond acceptors (Lipinski definition) is 2. The molecule has 1 aliphatic rings. The van der Waals surface area contributed by atoms with Crippen LogP contribution in [0.15, 0.2) is 18.2 Å². The van der Waals surface area contributed by atoms with Crippen LogP contribution in [0.25, 0.3) is 0 Å². The van der Waals surface area contributed by atoms with Crippen LogP contribution in [0.4, 0.5) is 11.4 Å². The molecule has 1 saturated carbocycles. The van der Waals surface area contributed by atoms with E-state index in [4.69, 9.17) is 17.3 Å². The Morgan fingerprint density at radius 1 is 1.44 bits per heavy atom. The van der Waals surface area contributed by atoms with Crippen LogP contribution >= 0.6 is 11.6 Å². The van der Waals surface area contributed by atoms with Crippen molar-refractivity contribution >= 4 is 23.0 Å². The summed E-state index contributed by atoms with van der Waals surface area (Å²) in [5, 5.41) is 4.14. The Morgan fingerprint density at radius 3 is 2.69 bits per heavy atom. The van der Waals surface area contributed by atoms with E-state index in [1.165, 1.54) is 25.7 Å². The number of nitrogens with two attached hydrogens (primary N) is 1. The summed E-state index contributed by atoms with van der Waals surface area (Å²) in [6.07, 6.45) is 5.28. The SMILES string of the molecule is CCC1(CNc2ccc(Cl)cc2N)CCC1. The number of hydrogen-bond donors (Lipinski definition) is 2. The number of anilines is 2. The van der Waals surface area contributed by atoms with E-state index in [1.807, 2.05) is 12.1 Å². The van der Waals surface area contributed by atoms with E-state index in [-0.39, 0.29) is 0 Å². The van der Waals surface area contributed by atoms with Gasteiger partial charge in [0.25, 0.3) is 0 Å². The molecule has 3 heteroatoms. The van der Waals surface area contributed by atoms with Gasteiger partial charge >= 0.3 is 0 Å². The minimum absolute atomic E-state index is 0.506. The van der Waals surface area contributed by atoms with Crippen molar-refractivity contribution < 1.29 is 0 Å². The van der Waals surface area contributed by atoms with Gasteiger partial charge in [0.15, 0.2) is 0 Å². The monoisotopic (exact) mass is 238 g/mol. The summed E-state index contributed by atoms with van der Waals surface area (Å²) in [6, 6.07) is 5.63. The highest BCUT2D eigenvalue weighted by atomic mass is 35.5. The number of halogens is 1. The molecule has 0 spiro atoms. The van der Waals surface area contributed by atoms with Crippen molar-refractivity contribution in [3.05, 3.63) is 23.2 Å². The third-order valence-electron chi connectivity index (χ3n) is 3.83. The van der Waals surface area contributed by atoms with Crippen LogP contribution < -0.4 is 11.1 Å². The second-order valence-corrected chi connectivity index (χ2v) is 5.23. The van der Waals surface area contributed by atoms with E-state index in [2.05, 4.69) is 12.2 Å². The van der Waals surface area contributed by atoms with Gasteiger partial charge in [-0.05, 0) is 42.9 Å². The molecule has 1 aromatic rings. The van der Waals surface area contributed by atoms with E-state index < -0.39 is 0 Å². The Bertz CT molecular complexity index is 367. The third kappa shape index (κ3) is 2.27. The second-order valence-electron chi connectivity index (χ2n) is 4.79. The quantitative estimate of drug-likeness (QED) is 0.781. The molecule has 1 aliphatic carbocycles. The average molecular weight is 239 g/mol. The van der Waals surface area contributed by atoms with Gasteiger partial charge in [0.1, 0.15) is 0 Å². The molecule has 0 aromatic heterocycles. The summed E-state index contributed by atoms with van der Waals surface area (Å²) < 4.78 is 0. The molecule has 0 saturated heterocycles. The Labute approximate surface area is 102 Å². The Kier molecular flexibility index (Phi) is 3.29. The normalized spacial score (nSPS) is 17.9. The highest BCUT2D eigenvalue weighted by Crippen LogP contribution is 2.43. The first kappa shape index (κ1) is 11.6. The topological polar surface area (TPSA) is 38.0 Å². The average Bonchev–Trinajstić information content (AvgIpc) is 2.19. The largest absolute Gasteiger partial charge is 0.397 e. The van der Waals surface area contributed by atoms with Crippen molar-refractivity contribution in [2.75, 3.05) is 17.6 Å². The van der Waals surface area contributed by atoms with Crippen LogP contribution in [0, 0.1) is 5.41 Å². The van der Waals surface area contributed by atoms with Crippen molar-refractivity contribution in [2.24, 2.45) is 5.41 Å². The lowest BCUT2D eigenvalue weighted by atomic mass is 9.67. The molecule has 0 atom stereocenters. The number of benzene rings is 1. The van der Waals surface area contributed by atoms with Gasteiger partial charge in [0.2, 0.25) is 0 Å². The Hall–Kier alpha value is -0.890. The van der Waals surface area contributed by atoms with Gasteiger partial charge in [0, 0.05) is 11.6 Å². The molecule has 2 nitrogen and oxygen atoms in total. The lowest BCUT2D eigenvalue weighted by molar-refractivity contribution is 0.145. The summed E-state index contributed by atoms with van der Waals surface area (Å²) >= 11 is 5.86. The predicted molar refractivity (Wildman–Crippen MR) is 70.9 cm³/mol. The lowest BCUT2D eigenvalue weighted by Gasteiger charge is -2.41. The van der Waals surface area contributed by atoms with Gasteiger partial charge < -0.3 is 11.1 Å². The van der Waals surface area contributed by atoms with E-state index in [1.54, 1.807) is 6.07 Å². The van der Waals surface area contributed by atoms with Crippen LogP contribution in [-0.4, -0.2) is 6.54 Å². The van der Waals surface area contributed by atoms with Gasteiger partial charge in [-0.15, -0.1) is 0 Å². The third-order valence-corrected chi connectivity index (χ3v) is 4.07. The second kappa shape index (κ2) is 4.54. The molecule has 16 heavy (non-hydrogen) atoms. The van der Waals surface area contributed by atoms with Crippen LogP contribution in [0.2, 0.25) is 5.02 Å². The summed E-state index contributed by atoms with van der Waals surface area (Å²) in [5.41, 5.74) is 8.15. The fourth-order valence-electron chi connectivity index (χ4n) is 2.31. The van der Waals surface area contributed by atoms with E-state index in [9.17, 15) is 0 Å². The Morgan fingerprint density at radius 2 is 2.19 bits per heavy atom. The summed E-state index contributed by atoms with van der Waals surface area (Å²) in [7, 11) is 0. The van der Waals surface area contributed by atoms with Crippen molar-refractivity contribution in [3.63, 3.8) is 0 Å². The zero-order valence-corrected chi connectivity index (χ0v) is 10.5. The maximum atomic E-state index is 5.90. The molecule has 0 aliphatic heterocycles. The molecule has 0 bridgehead atoms. The highest BCUT2D eigenvalue weighted by Gasteiger charge is 2.34. The summed E-state index contributed by atoms with van der Waals surface area (Å²) in [4.78, 5) is 0. The minimum atomic E-state index is 0.506. The maximum absolute atomic E-state index is 5.90. The number of nitrogens with one attached hydrogen (secondary N) is 1. The molecule has 0 heterocycles. The molecule has 0 unspecified atom stereocenters.